The van der Waals surface area contributed by atoms with E-state index in [-0.39, 0.29) is 6.04 Å². The molecule has 6 nitrogen and oxygen atoms in total. The third kappa shape index (κ3) is 2.61. The topological polar surface area (TPSA) is 64.9 Å². The van der Waals surface area contributed by atoms with Crippen LogP contribution in [-0.4, -0.2) is 27.3 Å². The monoisotopic (exact) mass is 339 g/mol. The minimum Gasteiger partial charge on any atom is -0.497 e. The van der Waals surface area contributed by atoms with E-state index in [1.807, 2.05) is 48.5 Å². The lowest BCUT2D eigenvalue weighted by atomic mass is 10.0. The van der Waals surface area contributed by atoms with Crippen LogP contribution in [-0.2, 0) is 0 Å². The average molecular weight is 340 g/mol. The summed E-state index contributed by atoms with van der Waals surface area (Å²) < 4.78 is 7.05. The highest BCUT2D eigenvalue weighted by Crippen LogP contribution is 2.32. The number of nitrogens with zero attached hydrogens (tertiary/aromatic N) is 4. The number of methoxy groups -OCH3 is 1. The minimum absolute atomic E-state index is 0.116. The Labute approximate surface area is 143 Å². The number of halogens is 1. The van der Waals surface area contributed by atoms with E-state index < -0.39 is 0 Å². The Bertz CT molecular complexity index is 903. The number of anilines is 1. The van der Waals surface area contributed by atoms with Crippen molar-refractivity contribution in [3.63, 3.8) is 0 Å². The van der Waals surface area contributed by atoms with Gasteiger partial charge in [0.1, 0.15) is 11.8 Å². The molecule has 0 aliphatic carbocycles. The number of hydrogen-bond acceptors (Lipinski definition) is 5. The van der Waals surface area contributed by atoms with Gasteiger partial charge >= 0.3 is 0 Å². The lowest BCUT2D eigenvalue weighted by Crippen LogP contribution is -2.20. The number of hydrogen-bond donors (Lipinski definition) is 1. The zero-order valence-electron chi connectivity index (χ0n) is 12.8. The number of aromatic nitrogens is 4. The summed E-state index contributed by atoms with van der Waals surface area (Å²) in [5.74, 6) is 1.39. The van der Waals surface area contributed by atoms with Crippen LogP contribution < -0.4 is 10.1 Å². The molecule has 24 heavy (non-hydrogen) atoms. The molecule has 0 spiro atoms. The zero-order valence-corrected chi connectivity index (χ0v) is 13.6. The number of benzene rings is 2. The third-order valence-corrected chi connectivity index (χ3v) is 4.17. The zero-order chi connectivity index (χ0) is 16.5. The van der Waals surface area contributed by atoms with Crippen LogP contribution in [0, 0.1) is 0 Å². The summed E-state index contributed by atoms with van der Waals surface area (Å²) in [7, 11) is 1.65. The van der Waals surface area contributed by atoms with Crippen LogP contribution in [0.3, 0.4) is 0 Å². The molecule has 4 rings (SSSR count). The quantitative estimate of drug-likeness (QED) is 0.792. The van der Waals surface area contributed by atoms with Gasteiger partial charge in [0.25, 0.3) is 0 Å². The summed E-state index contributed by atoms with van der Waals surface area (Å²) >= 11 is 6.00. The standard InChI is InChI=1S/C17H14ClN5O/c1-24-14-4-2-3-12(9-14)15-10-16(11-5-7-13(18)8-6-11)23-17(19-15)20-21-22-23/h2-10,16H,1H3,(H,19,20,22)/t16-/m1/s1. The van der Waals surface area contributed by atoms with Gasteiger partial charge in [-0.3, -0.25) is 0 Å². The summed E-state index contributed by atoms with van der Waals surface area (Å²) in [6.45, 7) is 0. The van der Waals surface area contributed by atoms with Crippen LogP contribution >= 0.6 is 11.6 Å². The molecule has 2 heterocycles. The molecule has 0 unspecified atom stereocenters. The number of fused-ring (bicyclic) bond motifs is 1. The van der Waals surface area contributed by atoms with Crippen LogP contribution in [0.5, 0.6) is 5.75 Å². The summed E-state index contributed by atoms with van der Waals surface area (Å²) in [6.07, 6.45) is 2.08. The second kappa shape index (κ2) is 5.98. The van der Waals surface area contributed by atoms with E-state index in [0.717, 1.165) is 22.6 Å². The van der Waals surface area contributed by atoms with Gasteiger partial charge < -0.3 is 10.1 Å². The fourth-order valence-corrected chi connectivity index (χ4v) is 2.84. The maximum absolute atomic E-state index is 6.00. The molecule has 7 heteroatoms. The molecule has 1 N–H and O–H groups in total. The van der Waals surface area contributed by atoms with Crippen LogP contribution in [0.1, 0.15) is 17.2 Å². The molecule has 1 atom stereocenters. The third-order valence-electron chi connectivity index (χ3n) is 3.92. The van der Waals surface area contributed by atoms with Crippen molar-refractivity contribution < 1.29 is 4.74 Å². The van der Waals surface area contributed by atoms with Gasteiger partial charge in [-0.1, -0.05) is 41.0 Å². The first kappa shape index (κ1) is 14.7. The van der Waals surface area contributed by atoms with Crippen molar-refractivity contribution in [1.29, 1.82) is 0 Å². The van der Waals surface area contributed by atoms with Gasteiger partial charge in [0.15, 0.2) is 0 Å². The molecular formula is C17H14ClN5O. The van der Waals surface area contributed by atoms with E-state index in [0.29, 0.717) is 11.0 Å². The molecule has 120 valence electrons. The maximum atomic E-state index is 6.00. The summed E-state index contributed by atoms with van der Waals surface area (Å²) in [6, 6.07) is 15.4. The van der Waals surface area contributed by atoms with Crippen molar-refractivity contribution in [2.24, 2.45) is 0 Å². The lowest BCUT2D eigenvalue weighted by Gasteiger charge is -2.23. The molecular weight excluding hydrogens is 326 g/mol. The van der Waals surface area contributed by atoms with Crippen LogP contribution in [0.25, 0.3) is 5.70 Å². The SMILES string of the molecule is COc1cccc(C2=C[C@H](c3ccc(Cl)cc3)n3nnnc3N2)c1. The Morgan fingerprint density at radius 3 is 2.79 bits per heavy atom. The number of allylic oxidation sites excluding steroid dienone is 1. The first-order valence-electron chi connectivity index (χ1n) is 7.41. The molecule has 2 aromatic carbocycles. The van der Waals surface area contributed by atoms with Crippen molar-refractivity contribution in [1.82, 2.24) is 20.2 Å². The van der Waals surface area contributed by atoms with Gasteiger partial charge in [0, 0.05) is 16.3 Å². The van der Waals surface area contributed by atoms with Crippen LogP contribution in [0.15, 0.2) is 54.6 Å². The summed E-state index contributed by atoms with van der Waals surface area (Å²) in [4.78, 5) is 0. The van der Waals surface area contributed by atoms with E-state index >= 15 is 0 Å². The lowest BCUT2D eigenvalue weighted by molar-refractivity contribution is 0.414. The molecule has 0 saturated heterocycles. The summed E-state index contributed by atoms with van der Waals surface area (Å²) in [5.41, 5.74) is 2.98. The molecule has 0 radical (unpaired) electrons. The highest BCUT2D eigenvalue weighted by molar-refractivity contribution is 6.30. The normalized spacial score (nSPS) is 16.1. The van der Waals surface area contributed by atoms with Gasteiger partial charge in [0.05, 0.1) is 7.11 Å². The molecule has 0 fully saturated rings. The molecule has 1 aliphatic rings. The van der Waals surface area contributed by atoms with E-state index in [1.165, 1.54) is 0 Å². The first-order chi connectivity index (χ1) is 11.7. The van der Waals surface area contributed by atoms with Gasteiger partial charge in [-0.05, 0) is 46.3 Å². The number of nitrogens with one attached hydrogen (secondary N) is 1. The second-order valence-corrected chi connectivity index (χ2v) is 5.82. The fraction of sp³-hybridized carbons (Fsp3) is 0.118. The molecule has 1 aliphatic heterocycles. The van der Waals surface area contributed by atoms with Crippen molar-refractivity contribution >= 4 is 23.2 Å². The van der Waals surface area contributed by atoms with E-state index in [4.69, 9.17) is 16.3 Å². The molecule has 0 amide bonds. The largest absolute Gasteiger partial charge is 0.497 e. The van der Waals surface area contributed by atoms with Gasteiger partial charge in [-0.15, -0.1) is 0 Å². The fourth-order valence-electron chi connectivity index (χ4n) is 2.71. The Morgan fingerprint density at radius 1 is 1.17 bits per heavy atom. The van der Waals surface area contributed by atoms with Crippen molar-refractivity contribution in [2.75, 3.05) is 12.4 Å². The van der Waals surface area contributed by atoms with Crippen molar-refractivity contribution in [3.8, 4) is 5.75 Å². The van der Waals surface area contributed by atoms with Crippen LogP contribution in [0.2, 0.25) is 5.02 Å². The predicted molar refractivity (Wildman–Crippen MR) is 92.0 cm³/mol. The Morgan fingerprint density at radius 2 is 2.00 bits per heavy atom. The minimum atomic E-state index is -0.116. The van der Waals surface area contributed by atoms with Gasteiger partial charge in [0.2, 0.25) is 5.95 Å². The highest BCUT2D eigenvalue weighted by Gasteiger charge is 2.24. The molecule has 3 aromatic rings. The molecule has 0 bridgehead atoms. The van der Waals surface area contributed by atoms with E-state index in [2.05, 4.69) is 26.9 Å². The van der Waals surface area contributed by atoms with Gasteiger partial charge in [-0.2, -0.15) is 4.68 Å². The smallest absolute Gasteiger partial charge is 0.248 e. The second-order valence-electron chi connectivity index (χ2n) is 5.38. The highest BCUT2D eigenvalue weighted by atomic mass is 35.5. The number of ether oxygens (including phenoxy) is 1. The molecule has 1 aromatic heterocycles. The Balaban J connectivity index is 1.79. The van der Waals surface area contributed by atoms with Crippen LogP contribution in [0.4, 0.5) is 5.95 Å². The first-order valence-corrected chi connectivity index (χ1v) is 7.79. The predicted octanol–water partition coefficient (Wildman–Crippen LogP) is 3.39. The number of tetrazole rings is 1. The Kier molecular flexibility index (Phi) is 3.66. The Hall–Kier alpha value is -2.86. The van der Waals surface area contributed by atoms with E-state index in [9.17, 15) is 0 Å². The maximum Gasteiger partial charge on any atom is 0.248 e. The van der Waals surface area contributed by atoms with Gasteiger partial charge in [-0.25, -0.2) is 0 Å². The molecule has 0 saturated carbocycles. The number of rotatable bonds is 3. The summed E-state index contributed by atoms with van der Waals surface area (Å²) in [5, 5.41) is 15.9. The van der Waals surface area contributed by atoms with Crippen molar-refractivity contribution in [2.45, 2.75) is 6.04 Å². The average Bonchev–Trinajstić information content (AvgIpc) is 3.10. The van der Waals surface area contributed by atoms with E-state index in [1.54, 1.807) is 11.8 Å². The van der Waals surface area contributed by atoms with Crippen molar-refractivity contribution in [3.05, 3.63) is 70.8 Å².